The third-order valence-corrected chi connectivity index (χ3v) is 7.17. The van der Waals surface area contributed by atoms with Gasteiger partial charge in [0.2, 0.25) is 17.7 Å². The lowest BCUT2D eigenvalue weighted by Crippen LogP contribution is -2.56. The molecule has 4 rings (SSSR count). The van der Waals surface area contributed by atoms with E-state index in [1.807, 2.05) is 60.7 Å². The zero-order chi connectivity index (χ0) is 26.4. The highest BCUT2D eigenvalue weighted by Gasteiger charge is 2.43. The summed E-state index contributed by atoms with van der Waals surface area (Å²) in [5.41, 5.74) is 7.97. The number of nitrogens with two attached hydrogens (primary N) is 1. The SMILES string of the molecule is NC(Cc1ccccc1)C(=O)N1CCCC1C(=O)N1CCCC1C(=O)NC(Cc1ccccc1)C(=O)O. The Hall–Kier alpha value is -3.72. The molecule has 4 N–H and O–H groups in total. The van der Waals surface area contributed by atoms with E-state index in [2.05, 4.69) is 5.32 Å². The van der Waals surface area contributed by atoms with Crippen molar-refractivity contribution < 1.29 is 24.3 Å². The molecular formula is C28H34N4O5. The average Bonchev–Trinajstić information content (AvgIpc) is 3.59. The van der Waals surface area contributed by atoms with Crippen LogP contribution < -0.4 is 11.1 Å². The number of carboxylic acids is 1. The minimum absolute atomic E-state index is 0.146. The minimum Gasteiger partial charge on any atom is -0.480 e. The highest BCUT2D eigenvalue weighted by Crippen LogP contribution is 2.26. The lowest BCUT2D eigenvalue weighted by molar-refractivity contribution is -0.148. The van der Waals surface area contributed by atoms with Crippen molar-refractivity contribution in [3.8, 4) is 0 Å². The molecule has 2 aliphatic heterocycles. The lowest BCUT2D eigenvalue weighted by Gasteiger charge is -2.32. The molecule has 196 valence electrons. The van der Waals surface area contributed by atoms with Gasteiger partial charge in [0.1, 0.15) is 18.1 Å². The molecular weight excluding hydrogens is 472 g/mol. The molecule has 0 aliphatic carbocycles. The van der Waals surface area contributed by atoms with Crippen molar-refractivity contribution in [2.24, 2.45) is 5.73 Å². The van der Waals surface area contributed by atoms with Gasteiger partial charge in [0.25, 0.3) is 0 Å². The van der Waals surface area contributed by atoms with Gasteiger partial charge in [-0.2, -0.15) is 0 Å². The smallest absolute Gasteiger partial charge is 0.326 e. The Labute approximate surface area is 216 Å². The van der Waals surface area contributed by atoms with Gasteiger partial charge < -0.3 is 26.0 Å². The number of amides is 3. The van der Waals surface area contributed by atoms with Crippen LogP contribution in [0, 0.1) is 0 Å². The Morgan fingerprint density at radius 2 is 1.38 bits per heavy atom. The highest BCUT2D eigenvalue weighted by atomic mass is 16.4. The summed E-state index contributed by atoms with van der Waals surface area (Å²) in [6, 6.07) is 15.3. The number of aliphatic carboxylic acids is 1. The molecule has 2 saturated heterocycles. The first kappa shape index (κ1) is 26.3. The first-order valence-electron chi connectivity index (χ1n) is 12.8. The fourth-order valence-electron chi connectivity index (χ4n) is 5.27. The van der Waals surface area contributed by atoms with E-state index in [4.69, 9.17) is 5.73 Å². The third-order valence-electron chi connectivity index (χ3n) is 7.17. The number of likely N-dealkylation sites (tertiary alicyclic amines) is 2. The number of nitrogens with zero attached hydrogens (tertiary/aromatic N) is 2. The van der Waals surface area contributed by atoms with E-state index >= 15 is 0 Å². The molecule has 0 spiro atoms. The Morgan fingerprint density at radius 3 is 1.97 bits per heavy atom. The van der Waals surface area contributed by atoms with Crippen LogP contribution in [0.3, 0.4) is 0 Å². The number of nitrogens with one attached hydrogen (secondary N) is 1. The highest BCUT2D eigenvalue weighted by molar-refractivity contribution is 5.95. The number of rotatable bonds is 9. The maximum absolute atomic E-state index is 13.6. The van der Waals surface area contributed by atoms with Crippen LogP contribution in [0.15, 0.2) is 60.7 Å². The van der Waals surface area contributed by atoms with Gasteiger partial charge in [-0.1, -0.05) is 60.7 Å². The maximum Gasteiger partial charge on any atom is 0.326 e. The van der Waals surface area contributed by atoms with E-state index in [1.54, 1.807) is 4.90 Å². The zero-order valence-corrected chi connectivity index (χ0v) is 20.8. The largest absolute Gasteiger partial charge is 0.480 e. The van der Waals surface area contributed by atoms with E-state index in [9.17, 15) is 24.3 Å². The van der Waals surface area contributed by atoms with Crippen molar-refractivity contribution in [1.82, 2.24) is 15.1 Å². The number of benzene rings is 2. The number of carbonyl (C=O) groups excluding carboxylic acids is 3. The fraction of sp³-hybridized carbons (Fsp3) is 0.429. The summed E-state index contributed by atoms with van der Waals surface area (Å²) < 4.78 is 0. The quantitative estimate of drug-likeness (QED) is 0.470. The van der Waals surface area contributed by atoms with Gasteiger partial charge in [-0.3, -0.25) is 14.4 Å². The number of carboxylic acid groups (broad SMARTS) is 1. The topological polar surface area (TPSA) is 133 Å². The van der Waals surface area contributed by atoms with Crippen molar-refractivity contribution >= 4 is 23.7 Å². The van der Waals surface area contributed by atoms with Crippen LogP contribution in [0.1, 0.15) is 36.8 Å². The standard InChI is InChI=1S/C28H34N4O5/c29-21(17-19-9-3-1-4-10-19)26(34)32-16-8-14-24(32)27(35)31-15-7-13-23(31)25(33)30-22(28(36)37)18-20-11-5-2-6-12-20/h1-6,9-12,21-24H,7-8,13-18,29H2,(H,30,33)(H,36,37). The summed E-state index contributed by atoms with van der Waals surface area (Å²) in [6.07, 6.45) is 2.80. The van der Waals surface area contributed by atoms with Crippen LogP contribution in [0.2, 0.25) is 0 Å². The van der Waals surface area contributed by atoms with Crippen molar-refractivity contribution in [1.29, 1.82) is 0 Å². The lowest BCUT2D eigenvalue weighted by atomic mass is 10.0. The van der Waals surface area contributed by atoms with Crippen molar-refractivity contribution in [3.63, 3.8) is 0 Å². The first-order chi connectivity index (χ1) is 17.8. The molecule has 2 heterocycles. The Morgan fingerprint density at radius 1 is 0.838 bits per heavy atom. The van der Waals surface area contributed by atoms with Gasteiger partial charge in [-0.25, -0.2) is 4.79 Å². The molecule has 2 aromatic carbocycles. The van der Waals surface area contributed by atoms with Crippen LogP contribution in [-0.4, -0.2) is 75.9 Å². The minimum atomic E-state index is -1.13. The average molecular weight is 507 g/mol. The van der Waals surface area contributed by atoms with Gasteiger partial charge in [0.15, 0.2) is 0 Å². The zero-order valence-electron chi connectivity index (χ0n) is 20.8. The van der Waals surface area contributed by atoms with Crippen LogP contribution in [0.5, 0.6) is 0 Å². The van der Waals surface area contributed by atoms with Gasteiger partial charge in [0.05, 0.1) is 6.04 Å². The molecule has 0 aromatic heterocycles. The molecule has 9 nitrogen and oxygen atoms in total. The van der Waals surface area contributed by atoms with Gasteiger partial charge in [-0.05, 0) is 43.2 Å². The monoisotopic (exact) mass is 506 g/mol. The summed E-state index contributed by atoms with van der Waals surface area (Å²) >= 11 is 0. The summed E-state index contributed by atoms with van der Waals surface area (Å²) in [5, 5.41) is 12.3. The molecule has 37 heavy (non-hydrogen) atoms. The molecule has 2 fully saturated rings. The van der Waals surface area contributed by atoms with Crippen LogP contribution in [-0.2, 0) is 32.0 Å². The summed E-state index contributed by atoms with van der Waals surface area (Å²) in [5.74, 6) is -2.15. The maximum atomic E-state index is 13.6. The summed E-state index contributed by atoms with van der Waals surface area (Å²) in [4.78, 5) is 54.8. The molecule has 0 saturated carbocycles. The number of hydrogen-bond acceptors (Lipinski definition) is 5. The normalized spacial score (nSPS) is 20.9. The molecule has 9 heteroatoms. The van der Waals surface area contributed by atoms with Crippen LogP contribution in [0.4, 0.5) is 0 Å². The molecule has 2 aromatic rings. The molecule has 3 amide bonds. The first-order valence-corrected chi connectivity index (χ1v) is 12.8. The number of carbonyl (C=O) groups is 4. The van der Waals surface area contributed by atoms with Crippen molar-refractivity contribution in [2.45, 2.75) is 62.7 Å². The van der Waals surface area contributed by atoms with Gasteiger partial charge in [0, 0.05) is 19.5 Å². The van der Waals surface area contributed by atoms with E-state index in [1.165, 1.54) is 4.90 Å². The second-order valence-electron chi connectivity index (χ2n) is 9.76. The van der Waals surface area contributed by atoms with Gasteiger partial charge >= 0.3 is 5.97 Å². The second-order valence-corrected chi connectivity index (χ2v) is 9.76. The van der Waals surface area contributed by atoms with E-state index in [0.717, 1.165) is 11.1 Å². The Balaban J connectivity index is 1.40. The summed E-state index contributed by atoms with van der Waals surface area (Å²) in [7, 11) is 0. The van der Waals surface area contributed by atoms with Crippen LogP contribution >= 0.6 is 0 Å². The Bertz CT molecular complexity index is 1110. The predicted molar refractivity (Wildman–Crippen MR) is 137 cm³/mol. The molecule has 0 bridgehead atoms. The third kappa shape index (κ3) is 6.35. The second kappa shape index (κ2) is 12.0. The van der Waals surface area contributed by atoms with Crippen molar-refractivity contribution in [2.75, 3.05) is 13.1 Å². The summed E-state index contributed by atoms with van der Waals surface area (Å²) in [6.45, 7) is 0.836. The molecule has 4 unspecified atom stereocenters. The van der Waals surface area contributed by atoms with Crippen LogP contribution in [0.25, 0.3) is 0 Å². The number of hydrogen-bond donors (Lipinski definition) is 3. The van der Waals surface area contributed by atoms with E-state index in [-0.39, 0.29) is 18.2 Å². The van der Waals surface area contributed by atoms with E-state index < -0.39 is 36.0 Å². The predicted octanol–water partition coefficient (Wildman–Crippen LogP) is 1.35. The van der Waals surface area contributed by atoms with Gasteiger partial charge in [-0.15, -0.1) is 0 Å². The molecule has 4 atom stereocenters. The fourth-order valence-corrected chi connectivity index (χ4v) is 5.27. The molecule has 0 radical (unpaired) electrons. The van der Waals surface area contributed by atoms with E-state index in [0.29, 0.717) is 45.2 Å². The van der Waals surface area contributed by atoms with Crippen molar-refractivity contribution in [3.05, 3.63) is 71.8 Å². The molecule has 2 aliphatic rings. The Kier molecular flexibility index (Phi) is 8.55.